The van der Waals surface area contributed by atoms with Gasteiger partial charge in [-0.2, -0.15) is 0 Å². The third kappa shape index (κ3) is 7.01. The molecule has 1 aromatic rings. The van der Waals surface area contributed by atoms with Gasteiger partial charge in [-0.3, -0.25) is 9.59 Å². The van der Waals surface area contributed by atoms with Crippen molar-refractivity contribution in [3.63, 3.8) is 0 Å². The third-order valence-corrected chi connectivity index (χ3v) is 8.62. The second-order valence-electron chi connectivity index (χ2n) is 9.72. The lowest BCUT2D eigenvalue weighted by Crippen LogP contribution is -2.42. The van der Waals surface area contributed by atoms with Crippen molar-refractivity contribution in [1.82, 2.24) is 14.7 Å². The second kappa shape index (κ2) is 10.5. The smallest absolute Gasteiger partial charge is 0.242 e. The summed E-state index contributed by atoms with van der Waals surface area (Å²) in [5.74, 6) is 0.823. The number of hydrogen-bond donors (Lipinski definition) is 0. The Balaban J connectivity index is 1.36. The normalized spacial score (nSPS) is 25.5. The van der Waals surface area contributed by atoms with Crippen LogP contribution in [-0.4, -0.2) is 98.4 Å². The summed E-state index contributed by atoms with van der Waals surface area (Å²) in [4.78, 5) is 31.5. The van der Waals surface area contributed by atoms with E-state index in [0.717, 1.165) is 5.56 Å². The summed E-state index contributed by atoms with van der Waals surface area (Å²) in [6, 6.07) is 9.83. The Morgan fingerprint density at radius 3 is 2.58 bits per heavy atom. The Labute approximate surface area is 196 Å². The molecule has 0 aromatic heterocycles. The first-order chi connectivity index (χ1) is 15.8. The van der Waals surface area contributed by atoms with Crippen LogP contribution in [0, 0.1) is 5.92 Å². The fourth-order valence-electron chi connectivity index (χ4n) is 4.52. The molecule has 2 aliphatic heterocycles. The van der Waals surface area contributed by atoms with Crippen molar-refractivity contribution in [1.29, 1.82) is 0 Å². The molecule has 0 unspecified atom stereocenters. The van der Waals surface area contributed by atoms with Gasteiger partial charge in [0, 0.05) is 45.2 Å². The van der Waals surface area contributed by atoms with Crippen molar-refractivity contribution < 1.29 is 22.7 Å². The zero-order valence-corrected chi connectivity index (χ0v) is 20.2. The van der Waals surface area contributed by atoms with Crippen molar-refractivity contribution in [3.8, 4) is 0 Å². The minimum Gasteiger partial charge on any atom is -0.374 e. The highest BCUT2D eigenvalue weighted by atomic mass is 32.2. The topological polar surface area (TPSA) is 87.2 Å². The number of ether oxygens (including phenoxy) is 1. The van der Waals surface area contributed by atoms with Gasteiger partial charge in [0.1, 0.15) is 0 Å². The van der Waals surface area contributed by atoms with Crippen LogP contribution in [0.25, 0.3) is 0 Å². The molecule has 1 aliphatic carbocycles. The summed E-state index contributed by atoms with van der Waals surface area (Å²) in [7, 11) is -1.09. The van der Waals surface area contributed by atoms with Gasteiger partial charge in [0.2, 0.25) is 11.8 Å². The predicted octanol–water partition coefficient (Wildman–Crippen LogP) is 1.16. The van der Waals surface area contributed by atoms with E-state index in [-0.39, 0.29) is 48.4 Å². The number of sulfone groups is 1. The molecule has 9 heteroatoms. The Morgan fingerprint density at radius 2 is 1.91 bits per heavy atom. The molecule has 0 bridgehead atoms. The van der Waals surface area contributed by atoms with E-state index in [0.29, 0.717) is 45.1 Å². The van der Waals surface area contributed by atoms with Crippen LogP contribution < -0.4 is 0 Å². The Morgan fingerprint density at radius 1 is 1.15 bits per heavy atom. The van der Waals surface area contributed by atoms with Crippen molar-refractivity contribution in [3.05, 3.63) is 35.9 Å². The standard InChI is InChI=1S/C24H35N3O5S/c1-25(21-10-12-33(30,31)18-21)11-9-23(28)27-15-22(32-17-20-7-8-20)14-26(24(29)16-27)13-19-5-3-2-4-6-19/h2-6,20-22H,7-18H2,1H3/t21-,22-/m0/s1. The minimum absolute atomic E-state index is 0.0375. The molecule has 1 saturated carbocycles. The highest BCUT2D eigenvalue weighted by molar-refractivity contribution is 7.91. The zero-order chi connectivity index (χ0) is 23.4. The molecule has 0 spiro atoms. The van der Waals surface area contributed by atoms with Crippen LogP contribution in [0.4, 0.5) is 0 Å². The van der Waals surface area contributed by atoms with Crippen LogP contribution in [0.3, 0.4) is 0 Å². The van der Waals surface area contributed by atoms with E-state index < -0.39 is 9.84 Å². The fourth-order valence-corrected chi connectivity index (χ4v) is 6.33. The zero-order valence-electron chi connectivity index (χ0n) is 19.4. The van der Waals surface area contributed by atoms with Gasteiger partial charge in [0.25, 0.3) is 0 Å². The summed E-state index contributed by atoms with van der Waals surface area (Å²) < 4.78 is 29.7. The number of carbonyl (C=O) groups is 2. The van der Waals surface area contributed by atoms with Gasteiger partial charge in [0.15, 0.2) is 9.84 Å². The first-order valence-corrected chi connectivity index (χ1v) is 13.7. The fraction of sp³-hybridized carbons (Fsp3) is 0.667. The summed E-state index contributed by atoms with van der Waals surface area (Å²) >= 11 is 0. The third-order valence-electron chi connectivity index (χ3n) is 6.87. The summed E-state index contributed by atoms with van der Waals surface area (Å²) in [6.45, 7) is 2.60. The maximum Gasteiger partial charge on any atom is 0.242 e. The number of rotatable bonds is 9. The molecule has 1 aromatic carbocycles. The number of benzene rings is 1. The molecule has 0 radical (unpaired) electrons. The summed E-state index contributed by atoms with van der Waals surface area (Å²) in [6.07, 6.45) is 3.04. The van der Waals surface area contributed by atoms with Crippen molar-refractivity contribution in [2.75, 3.05) is 51.3 Å². The lowest BCUT2D eigenvalue weighted by Gasteiger charge is -2.26. The molecule has 2 saturated heterocycles. The van der Waals surface area contributed by atoms with E-state index in [1.165, 1.54) is 12.8 Å². The van der Waals surface area contributed by atoms with E-state index in [1.54, 1.807) is 9.80 Å². The summed E-state index contributed by atoms with van der Waals surface area (Å²) in [5.41, 5.74) is 1.06. The van der Waals surface area contributed by atoms with E-state index in [2.05, 4.69) is 0 Å². The van der Waals surface area contributed by atoms with Gasteiger partial charge < -0.3 is 19.4 Å². The van der Waals surface area contributed by atoms with Crippen LogP contribution in [0.2, 0.25) is 0 Å². The monoisotopic (exact) mass is 477 g/mol. The second-order valence-corrected chi connectivity index (χ2v) is 11.9. The van der Waals surface area contributed by atoms with Crippen molar-refractivity contribution in [2.24, 2.45) is 5.92 Å². The van der Waals surface area contributed by atoms with Gasteiger partial charge in [-0.1, -0.05) is 30.3 Å². The highest BCUT2D eigenvalue weighted by Gasteiger charge is 2.34. The molecule has 4 rings (SSSR count). The lowest BCUT2D eigenvalue weighted by molar-refractivity contribution is -0.139. The number of nitrogens with zero attached hydrogens (tertiary/aromatic N) is 3. The van der Waals surface area contributed by atoms with E-state index >= 15 is 0 Å². The van der Waals surface area contributed by atoms with Gasteiger partial charge in [-0.05, 0) is 37.8 Å². The minimum atomic E-state index is -2.96. The number of amides is 2. The van der Waals surface area contributed by atoms with Gasteiger partial charge in [-0.25, -0.2) is 8.42 Å². The summed E-state index contributed by atoms with van der Waals surface area (Å²) in [5, 5.41) is 0. The SMILES string of the molecule is CN(CCC(=O)N1CC(=O)N(Cc2ccccc2)C[C@H](OCC2CC2)C1)[C@H]1CCS(=O)(=O)C1. The molecule has 2 atom stereocenters. The lowest BCUT2D eigenvalue weighted by atomic mass is 10.2. The molecule has 2 heterocycles. The predicted molar refractivity (Wildman–Crippen MR) is 125 cm³/mol. The Bertz CT molecular complexity index is 935. The van der Waals surface area contributed by atoms with E-state index in [1.807, 2.05) is 42.3 Å². The Kier molecular flexibility index (Phi) is 7.71. The molecular formula is C24H35N3O5S. The molecule has 3 aliphatic rings. The van der Waals surface area contributed by atoms with Crippen LogP contribution in [0.15, 0.2) is 30.3 Å². The van der Waals surface area contributed by atoms with Gasteiger partial charge >= 0.3 is 0 Å². The number of carbonyl (C=O) groups excluding carboxylic acids is 2. The number of hydrogen-bond acceptors (Lipinski definition) is 6. The first kappa shape index (κ1) is 24.2. The highest BCUT2D eigenvalue weighted by Crippen LogP contribution is 2.29. The van der Waals surface area contributed by atoms with Crippen molar-refractivity contribution >= 4 is 21.7 Å². The first-order valence-electron chi connectivity index (χ1n) is 11.9. The van der Waals surface area contributed by atoms with E-state index in [9.17, 15) is 18.0 Å². The maximum absolute atomic E-state index is 13.1. The molecule has 33 heavy (non-hydrogen) atoms. The largest absolute Gasteiger partial charge is 0.374 e. The molecular weight excluding hydrogens is 442 g/mol. The van der Waals surface area contributed by atoms with Crippen LogP contribution in [0.1, 0.15) is 31.2 Å². The van der Waals surface area contributed by atoms with E-state index in [4.69, 9.17) is 4.74 Å². The molecule has 0 N–H and O–H groups in total. The van der Waals surface area contributed by atoms with Crippen LogP contribution in [-0.2, 0) is 30.7 Å². The quantitative estimate of drug-likeness (QED) is 0.531. The Hall–Kier alpha value is -1.97. The van der Waals surface area contributed by atoms with Gasteiger partial charge in [-0.15, -0.1) is 0 Å². The van der Waals surface area contributed by atoms with Crippen LogP contribution in [0.5, 0.6) is 0 Å². The molecule has 2 amide bonds. The molecule has 182 valence electrons. The molecule has 8 nitrogen and oxygen atoms in total. The maximum atomic E-state index is 13.1. The van der Waals surface area contributed by atoms with Gasteiger partial charge in [0.05, 0.1) is 24.2 Å². The van der Waals surface area contributed by atoms with Crippen molar-refractivity contribution in [2.45, 2.75) is 44.4 Å². The average molecular weight is 478 g/mol. The molecule has 3 fully saturated rings. The van der Waals surface area contributed by atoms with Crippen LogP contribution >= 0.6 is 0 Å². The average Bonchev–Trinajstić information content (AvgIpc) is 3.57.